The second-order valence-corrected chi connectivity index (χ2v) is 5.74. The van der Waals surface area contributed by atoms with Gasteiger partial charge < -0.3 is 9.67 Å². The monoisotopic (exact) mass is 308 g/mol. The summed E-state index contributed by atoms with van der Waals surface area (Å²) in [7, 11) is 0. The second kappa shape index (κ2) is 6.08. The summed E-state index contributed by atoms with van der Waals surface area (Å²) in [4.78, 5) is 13.6. The molecule has 3 rings (SSSR count). The molecule has 1 aromatic carbocycles. The average molecular weight is 309 g/mol. The molecule has 5 heteroatoms. The fraction of sp³-hybridized carbons (Fsp3) is 0.438. The molecule has 0 unspecified atom stereocenters. The van der Waals surface area contributed by atoms with Gasteiger partial charge in [-0.05, 0) is 25.5 Å². The van der Waals surface area contributed by atoms with Gasteiger partial charge in [-0.15, -0.1) is 12.4 Å². The molecule has 0 radical (unpaired) electrons. The van der Waals surface area contributed by atoms with Crippen LogP contribution in [0.4, 0.5) is 0 Å². The van der Waals surface area contributed by atoms with E-state index in [0.29, 0.717) is 6.04 Å². The molecule has 0 amide bonds. The lowest BCUT2D eigenvalue weighted by Crippen LogP contribution is -2.36. The molecule has 1 aliphatic rings. The van der Waals surface area contributed by atoms with Crippen LogP contribution in [0.2, 0.25) is 0 Å². The van der Waals surface area contributed by atoms with Crippen molar-refractivity contribution in [2.75, 3.05) is 6.54 Å². The van der Waals surface area contributed by atoms with Gasteiger partial charge in [0.05, 0.1) is 0 Å². The number of benzene rings is 1. The number of para-hydroxylation sites is 1. The van der Waals surface area contributed by atoms with Crippen molar-refractivity contribution in [2.24, 2.45) is 0 Å². The number of carbonyl (C=O) groups is 1. The number of nitrogens with zero attached hydrogens (tertiary/aromatic N) is 2. The van der Waals surface area contributed by atoms with Gasteiger partial charge in [-0.3, -0.25) is 9.69 Å². The molecular formula is C16H21ClN2O2. The number of fused-ring (bicyclic) bond motifs is 3. The fourth-order valence-electron chi connectivity index (χ4n) is 3.18. The quantitative estimate of drug-likeness (QED) is 0.948. The minimum absolute atomic E-state index is 0. The minimum Gasteiger partial charge on any atom is -0.480 e. The van der Waals surface area contributed by atoms with Gasteiger partial charge in [0.25, 0.3) is 0 Å². The van der Waals surface area contributed by atoms with E-state index in [4.69, 9.17) is 5.11 Å². The Hall–Kier alpha value is -1.52. The van der Waals surface area contributed by atoms with Crippen molar-refractivity contribution < 1.29 is 9.90 Å². The number of aromatic nitrogens is 1. The number of carboxylic acid groups (broad SMARTS) is 1. The third-order valence-corrected chi connectivity index (χ3v) is 4.21. The third-order valence-electron chi connectivity index (χ3n) is 4.21. The Balaban J connectivity index is 0.00000161. The van der Waals surface area contributed by atoms with Crippen molar-refractivity contribution in [3.05, 3.63) is 35.5 Å². The van der Waals surface area contributed by atoms with Crippen LogP contribution >= 0.6 is 12.4 Å². The van der Waals surface area contributed by atoms with E-state index in [1.54, 1.807) is 0 Å². The first-order valence-corrected chi connectivity index (χ1v) is 7.12. The fourth-order valence-corrected chi connectivity index (χ4v) is 3.18. The summed E-state index contributed by atoms with van der Waals surface area (Å²) < 4.78 is 1.98. The van der Waals surface area contributed by atoms with Crippen molar-refractivity contribution in [1.82, 2.24) is 9.47 Å². The lowest BCUT2D eigenvalue weighted by molar-refractivity contribution is -0.137. The van der Waals surface area contributed by atoms with Gasteiger partial charge in [-0.2, -0.15) is 0 Å². The van der Waals surface area contributed by atoms with Crippen LogP contribution in [0.15, 0.2) is 24.3 Å². The summed E-state index contributed by atoms with van der Waals surface area (Å²) in [5, 5.41) is 10.4. The molecule has 0 bridgehead atoms. The Bertz CT molecular complexity index is 664. The van der Waals surface area contributed by atoms with Crippen molar-refractivity contribution in [1.29, 1.82) is 0 Å². The predicted octanol–water partition coefficient (Wildman–Crippen LogP) is 2.91. The number of halogens is 1. The largest absolute Gasteiger partial charge is 0.480 e. The van der Waals surface area contributed by atoms with Gasteiger partial charge in [0.15, 0.2) is 0 Å². The molecule has 114 valence electrons. The van der Waals surface area contributed by atoms with E-state index in [0.717, 1.165) is 25.0 Å². The Morgan fingerprint density at radius 2 is 2.05 bits per heavy atom. The Morgan fingerprint density at radius 3 is 2.71 bits per heavy atom. The highest BCUT2D eigenvalue weighted by Crippen LogP contribution is 2.31. The van der Waals surface area contributed by atoms with Crippen molar-refractivity contribution in [3.8, 4) is 0 Å². The summed E-state index contributed by atoms with van der Waals surface area (Å²) in [6.07, 6.45) is 0.926. The molecule has 1 N–H and O–H groups in total. The normalized spacial score (nSPS) is 15.0. The maximum absolute atomic E-state index is 11.1. The van der Waals surface area contributed by atoms with Gasteiger partial charge in [-0.25, -0.2) is 0 Å². The van der Waals surface area contributed by atoms with E-state index in [1.807, 2.05) is 22.8 Å². The van der Waals surface area contributed by atoms with E-state index in [9.17, 15) is 4.79 Å². The van der Waals surface area contributed by atoms with Crippen LogP contribution in [0.1, 0.15) is 25.1 Å². The molecule has 1 aromatic heterocycles. The van der Waals surface area contributed by atoms with Gasteiger partial charge in [-0.1, -0.05) is 18.2 Å². The van der Waals surface area contributed by atoms with Gasteiger partial charge in [0, 0.05) is 42.1 Å². The number of aliphatic carboxylic acids is 1. The second-order valence-electron chi connectivity index (χ2n) is 5.74. The van der Waals surface area contributed by atoms with E-state index in [1.165, 1.54) is 16.6 Å². The van der Waals surface area contributed by atoms with Crippen LogP contribution in [-0.4, -0.2) is 33.1 Å². The molecule has 0 spiro atoms. The molecule has 2 heterocycles. The molecule has 2 aromatic rings. The molecular weight excluding hydrogens is 288 g/mol. The zero-order valence-electron chi connectivity index (χ0n) is 12.4. The van der Waals surface area contributed by atoms with Crippen LogP contribution in [0.5, 0.6) is 0 Å². The number of rotatable bonds is 3. The molecule has 0 atom stereocenters. The molecule has 21 heavy (non-hydrogen) atoms. The van der Waals surface area contributed by atoms with Crippen molar-refractivity contribution in [2.45, 2.75) is 39.4 Å². The number of hydrogen-bond acceptors (Lipinski definition) is 2. The Kier molecular flexibility index (Phi) is 4.59. The Morgan fingerprint density at radius 1 is 1.33 bits per heavy atom. The van der Waals surface area contributed by atoms with Crippen LogP contribution in [0.3, 0.4) is 0 Å². The average Bonchev–Trinajstić information content (AvgIpc) is 2.73. The van der Waals surface area contributed by atoms with E-state index >= 15 is 0 Å². The third kappa shape index (κ3) is 2.78. The first-order chi connectivity index (χ1) is 9.58. The predicted molar refractivity (Wildman–Crippen MR) is 86.1 cm³/mol. The molecule has 1 aliphatic heterocycles. The SMILES string of the molecule is CC(C)N1CCc2c(c3ccccc3n2CC(=O)O)C1.Cl. The summed E-state index contributed by atoms with van der Waals surface area (Å²) in [5.74, 6) is -0.778. The van der Waals surface area contributed by atoms with Crippen LogP contribution in [0.25, 0.3) is 10.9 Å². The van der Waals surface area contributed by atoms with Crippen LogP contribution < -0.4 is 0 Å². The lowest BCUT2D eigenvalue weighted by atomic mass is 10.0. The molecule has 4 nitrogen and oxygen atoms in total. The van der Waals surface area contributed by atoms with Crippen LogP contribution in [-0.2, 0) is 24.3 Å². The minimum atomic E-state index is -0.778. The standard InChI is InChI=1S/C16H20N2O2.ClH/c1-11(2)17-8-7-15-13(9-17)12-5-3-4-6-14(12)18(15)10-16(19)20;/h3-6,11H,7-10H2,1-2H3,(H,19,20);1H. The van der Waals surface area contributed by atoms with Crippen molar-refractivity contribution in [3.63, 3.8) is 0 Å². The van der Waals surface area contributed by atoms with Gasteiger partial charge >= 0.3 is 5.97 Å². The lowest BCUT2D eigenvalue weighted by Gasteiger charge is -2.31. The van der Waals surface area contributed by atoms with Crippen molar-refractivity contribution >= 4 is 29.3 Å². The van der Waals surface area contributed by atoms with Crippen LogP contribution in [0, 0.1) is 0 Å². The molecule has 0 saturated heterocycles. The van der Waals surface area contributed by atoms with Gasteiger partial charge in [0.2, 0.25) is 0 Å². The summed E-state index contributed by atoms with van der Waals surface area (Å²) in [5.41, 5.74) is 3.55. The van der Waals surface area contributed by atoms with E-state index < -0.39 is 5.97 Å². The molecule has 0 aliphatic carbocycles. The smallest absolute Gasteiger partial charge is 0.323 e. The number of hydrogen-bond donors (Lipinski definition) is 1. The Labute approximate surface area is 130 Å². The van der Waals surface area contributed by atoms with E-state index in [2.05, 4.69) is 24.8 Å². The zero-order valence-corrected chi connectivity index (χ0v) is 13.2. The maximum Gasteiger partial charge on any atom is 0.323 e. The molecule has 0 saturated carbocycles. The summed E-state index contributed by atoms with van der Waals surface area (Å²) in [6.45, 7) is 6.39. The molecule has 0 fully saturated rings. The van der Waals surface area contributed by atoms with E-state index in [-0.39, 0.29) is 19.0 Å². The summed E-state index contributed by atoms with van der Waals surface area (Å²) >= 11 is 0. The summed E-state index contributed by atoms with van der Waals surface area (Å²) in [6, 6.07) is 8.66. The number of carboxylic acids is 1. The zero-order chi connectivity index (χ0) is 14.3. The first-order valence-electron chi connectivity index (χ1n) is 7.12. The van der Waals surface area contributed by atoms with Gasteiger partial charge in [0.1, 0.15) is 6.54 Å². The highest BCUT2D eigenvalue weighted by Gasteiger charge is 2.25. The first kappa shape index (κ1) is 15.9. The topological polar surface area (TPSA) is 45.5 Å². The maximum atomic E-state index is 11.1. The highest BCUT2D eigenvalue weighted by atomic mass is 35.5. The highest BCUT2D eigenvalue weighted by molar-refractivity contribution is 5.87.